The van der Waals surface area contributed by atoms with Gasteiger partial charge >= 0.3 is 0 Å². The topological polar surface area (TPSA) is 75.7 Å². The molecule has 0 bridgehead atoms. The average molecular weight is 236 g/mol. The molecule has 2 rings (SSSR count). The lowest BCUT2D eigenvalue weighted by Gasteiger charge is -2.02. The van der Waals surface area contributed by atoms with Crippen LogP contribution in [0.25, 0.3) is 0 Å². The highest BCUT2D eigenvalue weighted by atomic mass is 35.7. The van der Waals surface area contributed by atoms with Crippen LogP contribution in [-0.2, 0) is 9.05 Å². The maximum Gasteiger partial charge on any atom is 0.298 e. The Kier molecular flexibility index (Phi) is 2.27. The van der Waals surface area contributed by atoms with E-state index in [-0.39, 0.29) is 11.1 Å². The summed E-state index contributed by atoms with van der Waals surface area (Å²) < 4.78 is 21.7. The van der Waals surface area contributed by atoms with Crippen LogP contribution < -0.4 is 0 Å². The van der Waals surface area contributed by atoms with Crippen molar-refractivity contribution >= 4 is 19.7 Å². The molecule has 0 aromatic carbocycles. The fourth-order valence-corrected chi connectivity index (χ4v) is 1.96. The van der Waals surface area contributed by atoms with E-state index in [2.05, 4.69) is 15.2 Å². The summed E-state index contributed by atoms with van der Waals surface area (Å²) in [7, 11) is 1.30. The van der Waals surface area contributed by atoms with E-state index in [9.17, 15) is 8.42 Å². The van der Waals surface area contributed by atoms with Gasteiger partial charge in [-0.1, -0.05) is 6.92 Å². The van der Waals surface area contributed by atoms with Gasteiger partial charge in [-0.2, -0.15) is 0 Å². The SMILES string of the molecule is CC(c1nc(S(=O)(=O)Cl)n[nH]1)C1CC1. The van der Waals surface area contributed by atoms with Gasteiger partial charge in [0.05, 0.1) is 0 Å². The minimum Gasteiger partial charge on any atom is -0.262 e. The van der Waals surface area contributed by atoms with Gasteiger partial charge in [0.15, 0.2) is 0 Å². The van der Waals surface area contributed by atoms with Crippen molar-refractivity contribution in [1.29, 1.82) is 0 Å². The lowest BCUT2D eigenvalue weighted by atomic mass is 10.1. The number of hydrogen-bond donors (Lipinski definition) is 1. The predicted molar refractivity (Wildman–Crippen MR) is 50.6 cm³/mol. The fraction of sp³-hybridized carbons (Fsp3) is 0.714. The first-order valence-electron chi connectivity index (χ1n) is 4.35. The number of nitrogens with zero attached hydrogens (tertiary/aromatic N) is 2. The molecule has 1 fully saturated rings. The van der Waals surface area contributed by atoms with Crippen molar-refractivity contribution in [2.24, 2.45) is 5.92 Å². The second kappa shape index (κ2) is 3.20. The molecular formula is C7H10ClN3O2S. The molecule has 0 radical (unpaired) electrons. The van der Waals surface area contributed by atoms with Gasteiger partial charge in [-0.05, 0) is 18.8 Å². The smallest absolute Gasteiger partial charge is 0.262 e. The maximum atomic E-state index is 10.9. The molecule has 1 heterocycles. The molecule has 7 heteroatoms. The molecule has 1 aromatic heterocycles. The lowest BCUT2D eigenvalue weighted by molar-refractivity contribution is 0.600. The molecule has 1 aromatic rings. The molecule has 1 saturated carbocycles. The van der Waals surface area contributed by atoms with E-state index in [1.807, 2.05) is 6.92 Å². The summed E-state index contributed by atoms with van der Waals surface area (Å²) in [5.41, 5.74) is 0. The quantitative estimate of drug-likeness (QED) is 0.800. The number of H-pyrrole nitrogens is 1. The molecule has 1 unspecified atom stereocenters. The Bertz CT molecular complexity index is 438. The van der Waals surface area contributed by atoms with Gasteiger partial charge in [0.2, 0.25) is 0 Å². The summed E-state index contributed by atoms with van der Waals surface area (Å²) in [4.78, 5) is 3.86. The standard InChI is InChI=1S/C7H10ClN3O2S/c1-4(5-2-3-5)6-9-7(11-10-6)14(8,12)13/h4-5H,2-3H2,1H3,(H,9,10,11). The highest BCUT2D eigenvalue weighted by Gasteiger charge is 2.31. The molecule has 14 heavy (non-hydrogen) atoms. The Balaban J connectivity index is 2.25. The molecule has 0 aliphatic heterocycles. The maximum absolute atomic E-state index is 10.9. The molecule has 1 aliphatic rings. The third kappa shape index (κ3) is 1.90. The van der Waals surface area contributed by atoms with Gasteiger partial charge in [-0.3, -0.25) is 5.10 Å². The summed E-state index contributed by atoms with van der Waals surface area (Å²) in [5.74, 6) is 1.44. The summed E-state index contributed by atoms with van der Waals surface area (Å²) in [6.45, 7) is 2.00. The average Bonchev–Trinajstić information content (AvgIpc) is 2.79. The zero-order valence-corrected chi connectivity index (χ0v) is 9.14. The van der Waals surface area contributed by atoms with E-state index >= 15 is 0 Å². The number of rotatable bonds is 3. The second-order valence-corrected chi connectivity index (χ2v) is 6.03. The Hall–Kier alpha value is -0.620. The van der Waals surface area contributed by atoms with Crippen molar-refractivity contribution in [3.8, 4) is 0 Å². The van der Waals surface area contributed by atoms with Crippen molar-refractivity contribution in [3.63, 3.8) is 0 Å². The van der Waals surface area contributed by atoms with Gasteiger partial charge in [0.1, 0.15) is 5.82 Å². The van der Waals surface area contributed by atoms with Crippen LogP contribution in [0.5, 0.6) is 0 Å². The Labute approximate surface area is 86.3 Å². The van der Waals surface area contributed by atoms with Gasteiger partial charge in [0, 0.05) is 16.6 Å². The minimum absolute atomic E-state index is 0.231. The van der Waals surface area contributed by atoms with Gasteiger partial charge in [-0.15, -0.1) is 5.10 Å². The highest BCUT2D eigenvalue weighted by Crippen LogP contribution is 2.41. The zero-order valence-electron chi connectivity index (χ0n) is 7.57. The summed E-state index contributed by atoms with van der Waals surface area (Å²) >= 11 is 0. The zero-order chi connectivity index (χ0) is 10.3. The molecule has 1 aliphatic carbocycles. The van der Waals surface area contributed by atoms with Crippen LogP contribution >= 0.6 is 10.7 Å². The molecule has 5 nitrogen and oxygen atoms in total. The van der Waals surface area contributed by atoms with Crippen LogP contribution in [0.15, 0.2) is 5.16 Å². The van der Waals surface area contributed by atoms with Crippen molar-refractivity contribution < 1.29 is 8.42 Å². The lowest BCUT2D eigenvalue weighted by Crippen LogP contribution is -1.99. The molecular weight excluding hydrogens is 226 g/mol. The Morgan fingerprint density at radius 2 is 2.21 bits per heavy atom. The van der Waals surface area contributed by atoms with E-state index in [1.165, 1.54) is 12.8 Å². The monoisotopic (exact) mass is 235 g/mol. The molecule has 0 saturated heterocycles. The van der Waals surface area contributed by atoms with Crippen LogP contribution in [0.1, 0.15) is 31.5 Å². The Morgan fingerprint density at radius 3 is 2.64 bits per heavy atom. The van der Waals surface area contributed by atoms with Crippen molar-refractivity contribution in [3.05, 3.63) is 5.82 Å². The highest BCUT2D eigenvalue weighted by molar-refractivity contribution is 8.13. The summed E-state index contributed by atoms with van der Waals surface area (Å²) in [6.07, 6.45) is 2.34. The third-order valence-corrected chi connectivity index (χ3v) is 3.49. The molecule has 0 amide bonds. The Morgan fingerprint density at radius 1 is 1.57 bits per heavy atom. The second-order valence-electron chi connectivity index (χ2n) is 3.57. The summed E-state index contributed by atoms with van der Waals surface area (Å²) in [6, 6.07) is 0. The van der Waals surface area contributed by atoms with Crippen LogP contribution in [0.4, 0.5) is 0 Å². The first-order valence-corrected chi connectivity index (χ1v) is 6.66. The first kappa shape index (κ1) is 9.92. The molecule has 0 spiro atoms. The van der Waals surface area contributed by atoms with Crippen LogP contribution in [0.2, 0.25) is 0 Å². The van der Waals surface area contributed by atoms with Crippen LogP contribution in [0, 0.1) is 5.92 Å². The number of aromatic amines is 1. The van der Waals surface area contributed by atoms with Crippen LogP contribution in [-0.4, -0.2) is 23.6 Å². The van der Waals surface area contributed by atoms with E-state index in [0.29, 0.717) is 11.7 Å². The molecule has 1 atom stereocenters. The largest absolute Gasteiger partial charge is 0.298 e. The number of halogens is 1. The number of aromatic nitrogens is 3. The fourth-order valence-electron chi connectivity index (χ4n) is 1.39. The minimum atomic E-state index is -3.80. The van der Waals surface area contributed by atoms with E-state index in [4.69, 9.17) is 10.7 Å². The van der Waals surface area contributed by atoms with E-state index in [0.717, 1.165) is 0 Å². The van der Waals surface area contributed by atoms with Crippen molar-refractivity contribution in [2.45, 2.75) is 30.8 Å². The number of nitrogens with one attached hydrogen (secondary N) is 1. The summed E-state index contributed by atoms with van der Waals surface area (Å²) in [5, 5.41) is 5.84. The predicted octanol–water partition coefficient (Wildman–Crippen LogP) is 1.25. The van der Waals surface area contributed by atoms with Crippen LogP contribution in [0.3, 0.4) is 0 Å². The molecule has 1 N–H and O–H groups in total. The first-order chi connectivity index (χ1) is 6.48. The number of hydrogen-bond acceptors (Lipinski definition) is 4. The van der Waals surface area contributed by atoms with Gasteiger partial charge in [-0.25, -0.2) is 13.4 Å². The van der Waals surface area contributed by atoms with Gasteiger partial charge < -0.3 is 0 Å². The van der Waals surface area contributed by atoms with Gasteiger partial charge in [0.25, 0.3) is 14.2 Å². The molecule has 78 valence electrons. The van der Waals surface area contributed by atoms with Crippen molar-refractivity contribution in [2.75, 3.05) is 0 Å². The van der Waals surface area contributed by atoms with E-state index < -0.39 is 9.05 Å². The normalized spacial score (nSPS) is 19.6. The third-order valence-electron chi connectivity index (χ3n) is 2.46. The van der Waals surface area contributed by atoms with Crippen molar-refractivity contribution in [1.82, 2.24) is 15.2 Å². The van der Waals surface area contributed by atoms with E-state index in [1.54, 1.807) is 0 Å².